The molecule has 3 N–H and O–H groups in total. The maximum Gasteiger partial charge on any atom is 0.329 e. The van der Waals surface area contributed by atoms with E-state index in [9.17, 15) is 14.4 Å². The van der Waals surface area contributed by atoms with Gasteiger partial charge in [0, 0.05) is 11.7 Å². The van der Waals surface area contributed by atoms with Crippen LogP contribution in [0, 0.1) is 13.8 Å². The number of hydrazone groups is 1. The van der Waals surface area contributed by atoms with Gasteiger partial charge in [-0.25, -0.2) is 5.43 Å². The normalized spacial score (nSPS) is 11.6. The van der Waals surface area contributed by atoms with Gasteiger partial charge in [-0.1, -0.05) is 19.1 Å². The van der Waals surface area contributed by atoms with Gasteiger partial charge < -0.3 is 15.4 Å². The summed E-state index contributed by atoms with van der Waals surface area (Å²) < 4.78 is 5.51. The number of ether oxygens (including phenoxy) is 1. The van der Waals surface area contributed by atoms with Crippen LogP contribution in [0.2, 0.25) is 0 Å². The maximum atomic E-state index is 12.1. The topological polar surface area (TPSA) is 109 Å². The van der Waals surface area contributed by atoms with Crippen molar-refractivity contribution in [1.29, 1.82) is 0 Å². The molecule has 0 aliphatic heterocycles. The van der Waals surface area contributed by atoms with Crippen LogP contribution in [0.25, 0.3) is 0 Å². The van der Waals surface area contributed by atoms with Crippen molar-refractivity contribution in [2.24, 2.45) is 5.10 Å². The van der Waals surface area contributed by atoms with Crippen LogP contribution in [-0.4, -0.2) is 36.6 Å². The van der Waals surface area contributed by atoms with Crippen LogP contribution < -0.4 is 20.8 Å². The first kappa shape index (κ1) is 23.6. The van der Waals surface area contributed by atoms with Gasteiger partial charge in [0.15, 0.2) is 6.61 Å². The van der Waals surface area contributed by atoms with E-state index in [1.54, 1.807) is 24.3 Å². The summed E-state index contributed by atoms with van der Waals surface area (Å²) in [5.41, 5.74) is 5.75. The van der Waals surface area contributed by atoms with Gasteiger partial charge in [0.1, 0.15) is 5.75 Å². The second-order valence-corrected chi connectivity index (χ2v) is 7.14. The third-order valence-corrected chi connectivity index (χ3v) is 4.70. The summed E-state index contributed by atoms with van der Waals surface area (Å²) >= 11 is 0. The number of anilines is 1. The molecule has 2 aromatic rings. The van der Waals surface area contributed by atoms with E-state index >= 15 is 0 Å². The molecule has 0 fully saturated rings. The van der Waals surface area contributed by atoms with Gasteiger partial charge in [-0.05, 0) is 74.2 Å². The smallest absolute Gasteiger partial charge is 0.329 e. The SMILES string of the molecule is CC[C@@H](C)NC(=O)C(=O)N/N=C\c1ccc(OCC(=O)Nc2cccc(C)c2C)cc1. The van der Waals surface area contributed by atoms with E-state index in [1.807, 2.05) is 45.9 Å². The molecule has 164 valence electrons. The van der Waals surface area contributed by atoms with Gasteiger partial charge in [0.05, 0.1) is 6.21 Å². The largest absolute Gasteiger partial charge is 0.484 e. The number of rotatable bonds is 8. The minimum atomic E-state index is -0.827. The summed E-state index contributed by atoms with van der Waals surface area (Å²) in [5, 5.41) is 9.16. The zero-order chi connectivity index (χ0) is 22.8. The molecular formula is C23H28N4O4. The standard InChI is InChI=1S/C23H28N4O4/c1-5-16(3)25-22(29)23(30)27-24-13-18-9-11-19(12-10-18)31-14-21(28)26-20-8-6-7-15(2)17(20)4/h6-13,16H,5,14H2,1-4H3,(H,25,29)(H,26,28)(H,27,30)/b24-13-/t16-/m1/s1. The Balaban J connectivity index is 1.80. The molecule has 0 saturated carbocycles. The molecule has 0 unspecified atom stereocenters. The number of carbonyl (C=O) groups is 3. The van der Waals surface area contributed by atoms with E-state index in [0.29, 0.717) is 11.3 Å². The van der Waals surface area contributed by atoms with Crippen molar-refractivity contribution in [2.75, 3.05) is 11.9 Å². The lowest BCUT2D eigenvalue weighted by Gasteiger charge is -2.11. The van der Waals surface area contributed by atoms with Crippen LogP contribution in [0.3, 0.4) is 0 Å². The average molecular weight is 425 g/mol. The van der Waals surface area contributed by atoms with Gasteiger partial charge in [0.2, 0.25) is 0 Å². The fourth-order valence-corrected chi connectivity index (χ4v) is 2.48. The van der Waals surface area contributed by atoms with Crippen molar-refractivity contribution < 1.29 is 19.1 Å². The Morgan fingerprint density at radius 1 is 1.06 bits per heavy atom. The van der Waals surface area contributed by atoms with Gasteiger partial charge >= 0.3 is 11.8 Å². The number of amides is 3. The van der Waals surface area contributed by atoms with Crippen LogP contribution in [-0.2, 0) is 14.4 Å². The van der Waals surface area contributed by atoms with E-state index in [0.717, 1.165) is 23.2 Å². The van der Waals surface area contributed by atoms with Crippen molar-refractivity contribution in [1.82, 2.24) is 10.7 Å². The summed E-state index contributed by atoms with van der Waals surface area (Å²) in [5.74, 6) is -1.29. The highest BCUT2D eigenvalue weighted by molar-refractivity contribution is 6.35. The molecule has 8 heteroatoms. The first-order valence-corrected chi connectivity index (χ1v) is 10.0. The van der Waals surface area contributed by atoms with Gasteiger partial charge in [-0.3, -0.25) is 14.4 Å². The van der Waals surface area contributed by atoms with E-state index in [2.05, 4.69) is 21.2 Å². The second kappa shape index (κ2) is 11.5. The van der Waals surface area contributed by atoms with E-state index in [4.69, 9.17) is 4.74 Å². The number of benzene rings is 2. The Morgan fingerprint density at radius 3 is 2.45 bits per heavy atom. The van der Waals surface area contributed by atoms with Crippen LogP contribution in [0.5, 0.6) is 5.75 Å². The third kappa shape index (κ3) is 7.58. The Morgan fingerprint density at radius 2 is 1.77 bits per heavy atom. The molecule has 31 heavy (non-hydrogen) atoms. The molecular weight excluding hydrogens is 396 g/mol. The van der Waals surface area contributed by atoms with Gasteiger partial charge in [-0.15, -0.1) is 0 Å². The molecule has 8 nitrogen and oxygen atoms in total. The van der Waals surface area contributed by atoms with Gasteiger partial charge in [0.25, 0.3) is 5.91 Å². The minimum absolute atomic E-state index is 0.0855. The molecule has 0 aliphatic rings. The van der Waals surface area contributed by atoms with Gasteiger partial charge in [-0.2, -0.15) is 5.10 Å². The lowest BCUT2D eigenvalue weighted by molar-refractivity contribution is -0.139. The first-order chi connectivity index (χ1) is 14.8. The second-order valence-electron chi connectivity index (χ2n) is 7.14. The number of nitrogens with one attached hydrogen (secondary N) is 3. The first-order valence-electron chi connectivity index (χ1n) is 10.0. The number of hydrogen-bond donors (Lipinski definition) is 3. The molecule has 0 saturated heterocycles. The summed E-state index contributed by atoms with van der Waals surface area (Å²) in [6.45, 7) is 7.53. The summed E-state index contributed by atoms with van der Waals surface area (Å²) in [4.78, 5) is 35.4. The Hall–Kier alpha value is -3.68. The fraction of sp³-hybridized carbons (Fsp3) is 0.304. The molecule has 2 rings (SSSR count). The quantitative estimate of drug-likeness (QED) is 0.344. The van der Waals surface area contributed by atoms with E-state index < -0.39 is 11.8 Å². The zero-order valence-corrected chi connectivity index (χ0v) is 18.2. The Kier molecular flexibility index (Phi) is 8.75. The molecule has 0 spiro atoms. The molecule has 3 amide bonds. The summed E-state index contributed by atoms with van der Waals surface area (Å²) in [6, 6.07) is 12.4. The lowest BCUT2D eigenvalue weighted by Crippen LogP contribution is -2.41. The Labute approximate surface area is 182 Å². The van der Waals surface area contributed by atoms with Crippen molar-refractivity contribution in [3.63, 3.8) is 0 Å². The zero-order valence-electron chi connectivity index (χ0n) is 18.2. The number of carbonyl (C=O) groups excluding carboxylic acids is 3. The molecule has 0 bridgehead atoms. The molecule has 2 aromatic carbocycles. The predicted octanol–water partition coefficient (Wildman–Crippen LogP) is 2.69. The van der Waals surface area contributed by atoms with E-state index in [-0.39, 0.29) is 18.6 Å². The van der Waals surface area contributed by atoms with Crippen molar-refractivity contribution in [3.8, 4) is 5.75 Å². The molecule has 1 atom stereocenters. The highest BCUT2D eigenvalue weighted by Gasteiger charge is 2.14. The monoisotopic (exact) mass is 424 g/mol. The van der Waals surface area contributed by atoms with Crippen LogP contribution in [0.1, 0.15) is 37.0 Å². The molecule has 0 heterocycles. The number of aryl methyl sites for hydroxylation is 1. The highest BCUT2D eigenvalue weighted by atomic mass is 16.5. The fourth-order valence-electron chi connectivity index (χ4n) is 2.48. The van der Waals surface area contributed by atoms with Crippen LogP contribution in [0.15, 0.2) is 47.6 Å². The number of hydrogen-bond acceptors (Lipinski definition) is 5. The number of nitrogens with zero attached hydrogens (tertiary/aromatic N) is 1. The average Bonchev–Trinajstić information content (AvgIpc) is 2.76. The predicted molar refractivity (Wildman–Crippen MR) is 120 cm³/mol. The van der Waals surface area contributed by atoms with E-state index in [1.165, 1.54) is 6.21 Å². The summed E-state index contributed by atoms with van der Waals surface area (Å²) in [7, 11) is 0. The van der Waals surface area contributed by atoms with Crippen molar-refractivity contribution in [3.05, 3.63) is 59.2 Å². The Bertz CT molecular complexity index is 955. The van der Waals surface area contributed by atoms with Crippen LogP contribution in [0.4, 0.5) is 5.69 Å². The maximum absolute atomic E-state index is 12.1. The van der Waals surface area contributed by atoms with Crippen molar-refractivity contribution in [2.45, 2.75) is 40.2 Å². The van der Waals surface area contributed by atoms with Crippen molar-refractivity contribution >= 4 is 29.6 Å². The third-order valence-electron chi connectivity index (χ3n) is 4.70. The minimum Gasteiger partial charge on any atom is -0.484 e. The molecule has 0 radical (unpaired) electrons. The highest BCUT2D eigenvalue weighted by Crippen LogP contribution is 2.18. The summed E-state index contributed by atoms with van der Waals surface area (Å²) in [6.07, 6.45) is 2.13. The molecule has 0 aromatic heterocycles. The van der Waals surface area contributed by atoms with Crippen LogP contribution >= 0.6 is 0 Å². The lowest BCUT2D eigenvalue weighted by atomic mass is 10.1. The molecule has 0 aliphatic carbocycles.